The fourth-order valence-corrected chi connectivity index (χ4v) is 4.53. The van der Waals surface area contributed by atoms with Crippen molar-refractivity contribution in [2.24, 2.45) is 0 Å². The molecule has 0 aliphatic carbocycles. The van der Waals surface area contributed by atoms with Crippen LogP contribution in [-0.4, -0.2) is 32.1 Å². The van der Waals surface area contributed by atoms with Crippen LogP contribution in [-0.2, 0) is 28.5 Å². The number of halogens is 3. The van der Waals surface area contributed by atoms with Crippen molar-refractivity contribution in [3.8, 4) is 16.9 Å². The third-order valence-electron chi connectivity index (χ3n) is 6.92. The van der Waals surface area contributed by atoms with Crippen LogP contribution in [0.5, 0.6) is 5.75 Å². The molecule has 0 heterocycles. The zero-order chi connectivity index (χ0) is 29.7. The predicted octanol–water partition coefficient (Wildman–Crippen LogP) is 7.80. The number of benzene rings is 3. The summed E-state index contributed by atoms with van der Waals surface area (Å²) in [4.78, 5) is 23.3. The van der Waals surface area contributed by atoms with Crippen LogP contribution in [0.25, 0.3) is 11.1 Å². The van der Waals surface area contributed by atoms with Crippen molar-refractivity contribution in [2.45, 2.75) is 64.5 Å². The highest BCUT2D eigenvalue weighted by Gasteiger charge is 2.30. The Labute approximate surface area is 240 Å². The summed E-state index contributed by atoms with van der Waals surface area (Å²) in [6.07, 6.45) is 2.80. The van der Waals surface area contributed by atoms with Gasteiger partial charge >= 0.3 is 12.1 Å². The van der Waals surface area contributed by atoms with Gasteiger partial charge in [0.25, 0.3) is 5.91 Å². The first kappa shape index (κ1) is 31.7. The molecular formula is C33H38F3NO4. The fourth-order valence-electron chi connectivity index (χ4n) is 4.53. The molecule has 5 nitrogen and oxygen atoms in total. The summed E-state index contributed by atoms with van der Waals surface area (Å²) in [6.45, 7) is 2.88. The van der Waals surface area contributed by atoms with Crippen molar-refractivity contribution < 1.29 is 32.2 Å². The van der Waals surface area contributed by atoms with Crippen molar-refractivity contribution in [1.82, 2.24) is 5.32 Å². The maximum Gasteiger partial charge on any atom is 0.416 e. The summed E-state index contributed by atoms with van der Waals surface area (Å²) in [5.41, 5.74) is 3.82. The van der Waals surface area contributed by atoms with E-state index in [-0.39, 0.29) is 24.8 Å². The molecule has 0 saturated heterocycles. The van der Waals surface area contributed by atoms with E-state index < -0.39 is 11.7 Å². The second-order valence-corrected chi connectivity index (χ2v) is 9.89. The van der Waals surface area contributed by atoms with Crippen molar-refractivity contribution in [2.75, 3.05) is 20.3 Å². The molecule has 0 unspecified atom stereocenters. The average molecular weight is 570 g/mol. The Balaban J connectivity index is 1.32. The van der Waals surface area contributed by atoms with Crippen LogP contribution in [0.3, 0.4) is 0 Å². The molecule has 3 aromatic rings. The molecule has 0 radical (unpaired) electrons. The van der Waals surface area contributed by atoms with E-state index in [0.717, 1.165) is 79.5 Å². The lowest BCUT2D eigenvalue weighted by Gasteiger charge is -2.13. The van der Waals surface area contributed by atoms with Gasteiger partial charge in [0.05, 0.1) is 25.7 Å². The topological polar surface area (TPSA) is 64.6 Å². The highest BCUT2D eigenvalue weighted by molar-refractivity contribution is 5.94. The van der Waals surface area contributed by atoms with Crippen LogP contribution in [0.1, 0.15) is 72.5 Å². The number of alkyl halides is 3. The van der Waals surface area contributed by atoms with E-state index >= 15 is 0 Å². The second-order valence-electron chi connectivity index (χ2n) is 9.89. The number of ether oxygens (including phenoxy) is 2. The van der Waals surface area contributed by atoms with Gasteiger partial charge in [-0.05, 0) is 84.3 Å². The number of esters is 1. The van der Waals surface area contributed by atoms with E-state index in [4.69, 9.17) is 4.74 Å². The molecule has 3 rings (SSSR count). The van der Waals surface area contributed by atoms with Crippen LogP contribution in [0, 0.1) is 0 Å². The first-order valence-corrected chi connectivity index (χ1v) is 14.1. The van der Waals surface area contributed by atoms with Crippen molar-refractivity contribution >= 4 is 11.9 Å². The zero-order valence-electron chi connectivity index (χ0n) is 23.7. The van der Waals surface area contributed by atoms with E-state index in [1.807, 2.05) is 37.3 Å². The van der Waals surface area contributed by atoms with E-state index in [2.05, 4.69) is 10.1 Å². The molecule has 0 aliphatic rings. The molecule has 1 amide bonds. The van der Waals surface area contributed by atoms with Crippen LogP contribution in [0.2, 0.25) is 0 Å². The third-order valence-corrected chi connectivity index (χ3v) is 6.92. The lowest BCUT2D eigenvalue weighted by molar-refractivity contribution is -0.140. The minimum atomic E-state index is -4.34. The van der Waals surface area contributed by atoms with Crippen LogP contribution in [0.15, 0.2) is 66.7 Å². The number of methoxy groups -OCH3 is 1. The molecule has 0 aliphatic heterocycles. The van der Waals surface area contributed by atoms with Gasteiger partial charge in [0.1, 0.15) is 5.75 Å². The summed E-state index contributed by atoms with van der Waals surface area (Å²) < 4.78 is 49.1. The number of carbonyl (C=O) groups is 2. The largest absolute Gasteiger partial charge is 0.494 e. The Kier molecular flexibility index (Phi) is 12.3. The zero-order valence-corrected chi connectivity index (χ0v) is 23.7. The molecule has 0 atom stereocenters. The van der Waals surface area contributed by atoms with Gasteiger partial charge in [-0.3, -0.25) is 9.59 Å². The standard InChI is InChI=1S/C33H38F3NO4/c1-3-25-23-29(18-19-30(25)26-14-16-28(17-15-26)33(34,35)36)41-22-8-6-4-5-7-9-24-10-12-27(13-11-24)32(39)37-21-20-31(38)40-2/h10-19,23H,3-9,20-22H2,1-2H3,(H,37,39). The first-order valence-electron chi connectivity index (χ1n) is 14.1. The average Bonchev–Trinajstić information content (AvgIpc) is 2.98. The van der Waals surface area contributed by atoms with Crippen LogP contribution in [0.4, 0.5) is 13.2 Å². The van der Waals surface area contributed by atoms with Crippen LogP contribution >= 0.6 is 0 Å². The molecule has 220 valence electrons. The van der Waals surface area contributed by atoms with Gasteiger partial charge in [-0.15, -0.1) is 0 Å². The summed E-state index contributed by atoms with van der Waals surface area (Å²) in [5, 5.41) is 2.71. The van der Waals surface area contributed by atoms with E-state index in [1.54, 1.807) is 12.1 Å². The number of nitrogens with one attached hydrogen (secondary N) is 1. The van der Waals surface area contributed by atoms with E-state index in [0.29, 0.717) is 12.2 Å². The third kappa shape index (κ3) is 10.3. The number of amides is 1. The molecule has 0 fully saturated rings. The van der Waals surface area contributed by atoms with E-state index in [1.165, 1.54) is 24.8 Å². The molecule has 1 N–H and O–H groups in total. The molecule has 41 heavy (non-hydrogen) atoms. The SMILES string of the molecule is CCc1cc(OCCCCCCCc2ccc(C(=O)NCCC(=O)OC)cc2)ccc1-c1ccc(C(F)(F)F)cc1. The highest BCUT2D eigenvalue weighted by Crippen LogP contribution is 2.33. The van der Waals surface area contributed by atoms with Crippen molar-refractivity contribution in [3.05, 3.63) is 89.0 Å². The molecule has 0 saturated carbocycles. The molecule has 8 heteroatoms. The molecule has 0 spiro atoms. The normalized spacial score (nSPS) is 11.2. The van der Waals surface area contributed by atoms with Gasteiger partial charge in [-0.1, -0.05) is 56.5 Å². The van der Waals surface area contributed by atoms with Crippen molar-refractivity contribution in [3.63, 3.8) is 0 Å². The summed E-state index contributed by atoms with van der Waals surface area (Å²) in [6, 6.07) is 18.6. The monoisotopic (exact) mass is 569 g/mol. The molecule has 3 aromatic carbocycles. The summed E-state index contributed by atoms with van der Waals surface area (Å²) >= 11 is 0. The second kappa shape index (κ2) is 15.8. The van der Waals surface area contributed by atoms with Crippen molar-refractivity contribution in [1.29, 1.82) is 0 Å². The Morgan fingerprint density at radius 2 is 1.54 bits per heavy atom. The number of rotatable bonds is 15. The van der Waals surface area contributed by atoms with Gasteiger partial charge in [-0.25, -0.2) is 0 Å². The maximum atomic E-state index is 12.9. The Bertz CT molecular complexity index is 1250. The predicted molar refractivity (Wildman–Crippen MR) is 154 cm³/mol. The number of aryl methyl sites for hydroxylation is 2. The van der Waals surface area contributed by atoms with Gasteiger partial charge in [0.2, 0.25) is 0 Å². The molecular weight excluding hydrogens is 531 g/mol. The smallest absolute Gasteiger partial charge is 0.416 e. The molecule has 0 aromatic heterocycles. The van der Waals surface area contributed by atoms with Gasteiger partial charge < -0.3 is 14.8 Å². The number of hydrogen-bond donors (Lipinski definition) is 1. The number of unbranched alkanes of at least 4 members (excludes halogenated alkanes) is 4. The van der Waals surface area contributed by atoms with Gasteiger partial charge in [-0.2, -0.15) is 13.2 Å². The Morgan fingerprint density at radius 3 is 2.20 bits per heavy atom. The summed E-state index contributed by atoms with van der Waals surface area (Å²) in [7, 11) is 1.32. The maximum absolute atomic E-state index is 12.9. The molecule has 0 bridgehead atoms. The number of hydrogen-bond acceptors (Lipinski definition) is 4. The Morgan fingerprint density at radius 1 is 0.854 bits per heavy atom. The van der Waals surface area contributed by atoms with Gasteiger partial charge in [0.15, 0.2) is 0 Å². The lowest BCUT2D eigenvalue weighted by atomic mass is 9.97. The first-order chi connectivity index (χ1) is 19.7. The minimum Gasteiger partial charge on any atom is -0.494 e. The Hall–Kier alpha value is -3.81. The lowest BCUT2D eigenvalue weighted by Crippen LogP contribution is -2.26. The summed E-state index contributed by atoms with van der Waals surface area (Å²) in [5.74, 6) is 0.215. The fraction of sp³-hybridized carbons (Fsp3) is 0.394. The minimum absolute atomic E-state index is 0.147. The van der Waals surface area contributed by atoms with E-state index in [9.17, 15) is 22.8 Å². The number of carbonyl (C=O) groups excluding carboxylic acids is 2. The highest BCUT2D eigenvalue weighted by atomic mass is 19.4. The van der Waals surface area contributed by atoms with Crippen LogP contribution < -0.4 is 10.1 Å². The quantitative estimate of drug-likeness (QED) is 0.150. The van der Waals surface area contributed by atoms with Gasteiger partial charge in [0, 0.05) is 12.1 Å².